The van der Waals surface area contributed by atoms with E-state index in [0.717, 1.165) is 47.8 Å². The topological polar surface area (TPSA) is 83.0 Å². The predicted molar refractivity (Wildman–Crippen MR) is 84.5 cm³/mol. The lowest BCUT2D eigenvalue weighted by molar-refractivity contribution is -0.136. The van der Waals surface area contributed by atoms with Crippen LogP contribution in [0, 0.1) is 0 Å². The van der Waals surface area contributed by atoms with E-state index in [9.17, 15) is 9.59 Å². The summed E-state index contributed by atoms with van der Waals surface area (Å²) in [7, 11) is 0. The molecule has 0 bridgehead atoms. The minimum Gasteiger partial charge on any atom is -0.480 e. The molecule has 1 aliphatic carbocycles. The van der Waals surface area contributed by atoms with Crippen molar-refractivity contribution in [3.05, 3.63) is 20.8 Å². The molecule has 1 unspecified atom stereocenters. The maximum atomic E-state index is 12.3. The van der Waals surface area contributed by atoms with E-state index >= 15 is 0 Å². The van der Waals surface area contributed by atoms with Crippen molar-refractivity contribution in [2.24, 2.45) is 0 Å². The van der Waals surface area contributed by atoms with Crippen molar-refractivity contribution < 1.29 is 9.90 Å². The summed E-state index contributed by atoms with van der Waals surface area (Å²) >= 11 is 2.69. The first-order chi connectivity index (χ1) is 10.1. The number of thiophene rings is 1. The van der Waals surface area contributed by atoms with Crippen molar-refractivity contribution >= 4 is 39.3 Å². The Labute approximate surface area is 129 Å². The van der Waals surface area contributed by atoms with Gasteiger partial charge in [-0.3, -0.25) is 9.59 Å². The zero-order valence-electron chi connectivity index (χ0n) is 11.6. The SMILES string of the molecule is CCC(Sc1nc2sc3c(c2c(=O)[nH]1)CCCC3)C(=O)O. The number of carboxylic acid groups (broad SMARTS) is 1. The summed E-state index contributed by atoms with van der Waals surface area (Å²) in [5, 5.41) is 9.64. The Morgan fingerprint density at radius 3 is 2.95 bits per heavy atom. The molecule has 0 aromatic carbocycles. The van der Waals surface area contributed by atoms with Crippen LogP contribution in [0.2, 0.25) is 0 Å². The maximum absolute atomic E-state index is 12.3. The predicted octanol–water partition coefficient (Wildman–Crippen LogP) is 2.82. The van der Waals surface area contributed by atoms with Gasteiger partial charge in [0.05, 0.1) is 5.39 Å². The summed E-state index contributed by atoms with van der Waals surface area (Å²) in [6.45, 7) is 1.81. The minimum absolute atomic E-state index is 0.137. The number of thioether (sulfide) groups is 1. The number of carboxylic acids is 1. The van der Waals surface area contributed by atoms with Crippen LogP contribution in [0.1, 0.15) is 36.6 Å². The van der Waals surface area contributed by atoms with Gasteiger partial charge in [-0.15, -0.1) is 11.3 Å². The summed E-state index contributed by atoms with van der Waals surface area (Å²) in [5.74, 6) is -0.879. The van der Waals surface area contributed by atoms with Crippen molar-refractivity contribution in [1.82, 2.24) is 9.97 Å². The largest absolute Gasteiger partial charge is 0.480 e. The van der Waals surface area contributed by atoms with Gasteiger partial charge >= 0.3 is 5.97 Å². The molecule has 21 heavy (non-hydrogen) atoms. The van der Waals surface area contributed by atoms with Crippen molar-refractivity contribution in [2.75, 3.05) is 0 Å². The molecule has 5 nitrogen and oxygen atoms in total. The van der Waals surface area contributed by atoms with E-state index in [2.05, 4.69) is 9.97 Å². The molecule has 0 aliphatic heterocycles. The van der Waals surface area contributed by atoms with Gasteiger partial charge in [-0.05, 0) is 37.7 Å². The molecule has 1 atom stereocenters. The Balaban J connectivity index is 2.03. The van der Waals surface area contributed by atoms with Crippen molar-refractivity contribution in [3.63, 3.8) is 0 Å². The number of hydrogen-bond acceptors (Lipinski definition) is 5. The molecular weight excluding hydrogens is 308 g/mol. The van der Waals surface area contributed by atoms with E-state index in [1.54, 1.807) is 11.3 Å². The summed E-state index contributed by atoms with van der Waals surface area (Å²) < 4.78 is 0. The van der Waals surface area contributed by atoms with Crippen LogP contribution in [0.3, 0.4) is 0 Å². The zero-order valence-corrected chi connectivity index (χ0v) is 13.3. The van der Waals surface area contributed by atoms with Crippen molar-refractivity contribution in [1.29, 1.82) is 0 Å². The first-order valence-electron chi connectivity index (χ1n) is 7.04. The number of carbonyl (C=O) groups is 1. The van der Waals surface area contributed by atoms with E-state index in [1.165, 1.54) is 4.88 Å². The second kappa shape index (κ2) is 5.81. The van der Waals surface area contributed by atoms with E-state index in [0.29, 0.717) is 17.0 Å². The number of fused-ring (bicyclic) bond motifs is 3. The number of aliphatic carboxylic acids is 1. The molecule has 0 saturated heterocycles. The van der Waals surface area contributed by atoms with Crippen LogP contribution >= 0.6 is 23.1 Å². The fraction of sp³-hybridized carbons (Fsp3) is 0.500. The number of nitrogens with one attached hydrogen (secondary N) is 1. The Bertz CT molecular complexity index is 750. The third-order valence-electron chi connectivity index (χ3n) is 3.70. The number of rotatable bonds is 4. The van der Waals surface area contributed by atoms with Crippen LogP contribution in [-0.2, 0) is 17.6 Å². The molecule has 2 N–H and O–H groups in total. The zero-order chi connectivity index (χ0) is 15.0. The van der Waals surface area contributed by atoms with E-state index < -0.39 is 11.2 Å². The normalized spacial score (nSPS) is 15.9. The molecule has 3 rings (SSSR count). The minimum atomic E-state index is -0.879. The van der Waals surface area contributed by atoms with E-state index in [4.69, 9.17) is 5.11 Å². The Kier molecular flexibility index (Phi) is 4.03. The molecule has 0 fully saturated rings. The Hall–Kier alpha value is -1.34. The van der Waals surface area contributed by atoms with Crippen molar-refractivity contribution in [3.8, 4) is 0 Å². The highest BCUT2D eigenvalue weighted by Gasteiger charge is 2.22. The molecule has 1 aliphatic rings. The van der Waals surface area contributed by atoms with Gasteiger partial charge in [0.15, 0.2) is 5.16 Å². The highest BCUT2D eigenvalue weighted by atomic mass is 32.2. The van der Waals surface area contributed by atoms with Gasteiger partial charge < -0.3 is 10.1 Å². The van der Waals surface area contributed by atoms with Crippen LogP contribution in [0.15, 0.2) is 9.95 Å². The lowest BCUT2D eigenvalue weighted by Gasteiger charge is -2.10. The summed E-state index contributed by atoms with van der Waals surface area (Å²) in [5.41, 5.74) is 1.01. The quantitative estimate of drug-likeness (QED) is 0.667. The van der Waals surface area contributed by atoms with Crippen LogP contribution in [0.5, 0.6) is 0 Å². The second-order valence-electron chi connectivity index (χ2n) is 5.12. The first kappa shape index (κ1) is 14.6. The number of aryl methyl sites for hydroxylation is 2. The fourth-order valence-electron chi connectivity index (χ4n) is 2.64. The molecular formula is C14H16N2O3S2. The Morgan fingerprint density at radius 1 is 1.48 bits per heavy atom. The number of nitrogens with zero attached hydrogens (tertiary/aromatic N) is 1. The third kappa shape index (κ3) is 2.72. The molecule has 0 radical (unpaired) electrons. The van der Waals surface area contributed by atoms with Crippen molar-refractivity contribution in [2.45, 2.75) is 49.4 Å². The average molecular weight is 324 g/mol. The number of H-pyrrole nitrogens is 1. The molecule has 0 amide bonds. The molecule has 7 heteroatoms. The monoisotopic (exact) mass is 324 g/mol. The fourth-order valence-corrected chi connectivity index (χ4v) is 4.80. The molecule has 0 spiro atoms. The van der Waals surface area contributed by atoms with Crippen LogP contribution < -0.4 is 5.56 Å². The molecule has 2 aromatic heterocycles. The van der Waals surface area contributed by atoms with Crippen LogP contribution in [0.4, 0.5) is 0 Å². The first-order valence-corrected chi connectivity index (χ1v) is 8.73. The lowest BCUT2D eigenvalue weighted by atomic mass is 9.97. The van der Waals surface area contributed by atoms with Gasteiger partial charge in [0.2, 0.25) is 0 Å². The van der Waals surface area contributed by atoms with Gasteiger partial charge in [-0.25, -0.2) is 4.98 Å². The van der Waals surface area contributed by atoms with Gasteiger partial charge in [-0.1, -0.05) is 18.7 Å². The maximum Gasteiger partial charge on any atom is 0.317 e. The van der Waals surface area contributed by atoms with Gasteiger partial charge in [-0.2, -0.15) is 0 Å². The van der Waals surface area contributed by atoms with Crippen LogP contribution in [0.25, 0.3) is 10.2 Å². The highest BCUT2D eigenvalue weighted by molar-refractivity contribution is 8.00. The molecule has 2 heterocycles. The van der Waals surface area contributed by atoms with Crippen LogP contribution in [-0.4, -0.2) is 26.3 Å². The van der Waals surface area contributed by atoms with Gasteiger partial charge in [0.1, 0.15) is 10.1 Å². The number of hydrogen-bond donors (Lipinski definition) is 2. The lowest BCUT2D eigenvalue weighted by Crippen LogP contribution is -2.17. The number of aromatic amines is 1. The highest BCUT2D eigenvalue weighted by Crippen LogP contribution is 2.34. The molecule has 0 saturated carbocycles. The van der Waals surface area contributed by atoms with E-state index in [-0.39, 0.29) is 5.56 Å². The Morgan fingerprint density at radius 2 is 2.24 bits per heavy atom. The summed E-state index contributed by atoms with van der Waals surface area (Å²) in [6.07, 6.45) is 4.73. The summed E-state index contributed by atoms with van der Waals surface area (Å²) in [6, 6.07) is 0. The van der Waals surface area contributed by atoms with E-state index in [1.807, 2.05) is 6.92 Å². The molecule has 112 valence electrons. The van der Waals surface area contributed by atoms with Gasteiger partial charge in [0, 0.05) is 4.88 Å². The average Bonchev–Trinajstić information content (AvgIpc) is 2.82. The standard InChI is InChI=1S/C14H16N2O3S2/c1-2-8(13(18)19)21-14-15-11(17)10-7-5-3-4-6-9(7)20-12(10)16-14/h8H,2-6H2,1H3,(H,18,19)(H,15,16,17). The number of aromatic nitrogens is 2. The molecule has 2 aromatic rings. The smallest absolute Gasteiger partial charge is 0.317 e. The summed E-state index contributed by atoms with van der Waals surface area (Å²) in [4.78, 5) is 32.7. The third-order valence-corrected chi connectivity index (χ3v) is 6.13. The second-order valence-corrected chi connectivity index (χ2v) is 7.39. The van der Waals surface area contributed by atoms with Gasteiger partial charge in [0.25, 0.3) is 5.56 Å².